The van der Waals surface area contributed by atoms with Gasteiger partial charge >= 0.3 is 5.97 Å². The fourth-order valence-corrected chi connectivity index (χ4v) is 2.24. The Bertz CT molecular complexity index is 371. The first-order valence-corrected chi connectivity index (χ1v) is 5.55. The van der Waals surface area contributed by atoms with Crippen LogP contribution >= 0.6 is 11.3 Å². The number of nitrogens with zero attached hydrogens (tertiary/aromatic N) is 1. The van der Waals surface area contributed by atoms with Crippen molar-refractivity contribution in [1.29, 1.82) is 0 Å². The molecule has 1 aromatic heterocycles. The largest absolute Gasteiger partial charge is 0.476 e. The third kappa shape index (κ3) is 2.54. The van der Waals surface area contributed by atoms with Crippen LogP contribution in [0.25, 0.3) is 0 Å². The molecule has 0 aromatic carbocycles. The Balaban J connectivity index is 3.06. The predicted molar refractivity (Wildman–Crippen MR) is 58.5 cm³/mol. The van der Waals surface area contributed by atoms with Gasteiger partial charge in [-0.25, -0.2) is 9.78 Å². The summed E-state index contributed by atoms with van der Waals surface area (Å²) in [7, 11) is 0. The first-order chi connectivity index (χ1) is 6.88. The number of carboxylic acids is 1. The SMILES string of the molecule is CCOC(C)(C)c1nc(C(=O)O)c(C)s1. The molecule has 1 N–H and O–H groups in total. The molecule has 4 nitrogen and oxygen atoms in total. The number of ether oxygens (including phenoxy) is 1. The number of hydrogen-bond donors (Lipinski definition) is 1. The van der Waals surface area contributed by atoms with Gasteiger partial charge in [0.25, 0.3) is 0 Å². The third-order valence-corrected chi connectivity index (χ3v) is 3.30. The summed E-state index contributed by atoms with van der Waals surface area (Å²) in [5.74, 6) is -0.984. The molecule has 0 amide bonds. The van der Waals surface area contributed by atoms with E-state index < -0.39 is 11.6 Å². The molecule has 5 heteroatoms. The normalized spacial score (nSPS) is 11.7. The van der Waals surface area contributed by atoms with Crippen molar-refractivity contribution in [3.05, 3.63) is 15.6 Å². The molecular formula is C10H15NO3S. The van der Waals surface area contributed by atoms with Gasteiger partial charge < -0.3 is 9.84 Å². The molecule has 0 unspecified atom stereocenters. The van der Waals surface area contributed by atoms with Gasteiger partial charge in [0.15, 0.2) is 5.69 Å². The topological polar surface area (TPSA) is 59.4 Å². The highest BCUT2D eigenvalue weighted by Crippen LogP contribution is 2.30. The summed E-state index contributed by atoms with van der Waals surface area (Å²) < 4.78 is 5.52. The maximum absolute atomic E-state index is 10.8. The summed E-state index contributed by atoms with van der Waals surface area (Å²) >= 11 is 1.37. The lowest BCUT2D eigenvalue weighted by molar-refractivity contribution is -0.0142. The van der Waals surface area contributed by atoms with Gasteiger partial charge in [0, 0.05) is 11.5 Å². The van der Waals surface area contributed by atoms with Crippen LogP contribution < -0.4 is 0 Å². The highest BCUT2D eigenvalue weighted by molar-refractivity contribution is 7.12. The lowest BCUT2D eigenvalue weighted by Gasteiger charge is -2.21. The van der Waals surface area contributed by atoms with Crippen LogP contribution in [-0.4, -0.2) is 22.7 Å². The standard InChI is InChI=1S/C10H15NO3S/c1-5-14-10(3,4)9-11-7(8(12)13)6(2)15-9/h5H2,1-4H3,(H,12,13). The van der Waals surface area contributed by atoms with Crippen LogP contribution in [0.15, 0.2) is 0 Å². The predicted octanol–water partition coefficient (Wildman–Crippen LogP) is 2.42. The molecule has 0 saturated carbocycles. The van der Waals surface area contributed by atoms with E-state index in [0.29, 0.717) is 16.5 Å². The van der Waals surface area contributed by atoms with E-state index in [1.54, 1.807) is 6.92 Å². The monoisotopic (exact) mass is 229 g/mol. The van der Waals surface area contributed by atoms with Gasteiger partial charge in [0.2, 0.25) is 0 Å². The number of thiazole rings is 1. The van der Waals surface area contributed by atoms with E-state index in [1.807, 2.05) is 20.8 Å². The van der Waals surface area contributed by atoms with Crippen LogP contribution in [0.1, 0.15) is 41.1 Å². The molecular weight excluding hydrogens is 214 g/mol. The fourth-order valence-electron chi connectivity index (χ4n) is 1.27. The molecule has 0 radical (unpaired) electrons. The van der Waals surface area contributed by atoms with Gasteiger partial charge in [-0.2, -0.15) is 0 Å². The number of aromatic nitrogens is 1. The molecule has 84 valence electrons. The first kappa shape index (κ1) is 12.1. The van der Waals surface area contributed by atoms with Gasteiger partial charge in [-0.05, 0) is 27.7 Å². The van der Waals surface area contributed by atoms with Crippen molar-refractivity contribution < 1.29 is 14.6 Å². The average Bonchev–Trinajstić information content (AvgIpc) is 2.47. The molecule has 1 heterocycles. The molecule has 1 rings (SSSR count). The molecule has 0 spiro atoms. The van der Waals surface area contributed by atoms with E-state index in [4.69, 9.17) is 9.84 Å². The van der Waals surface area contributed by atoms with E-state index >= 15 is 0 Å². The smallest absolute Gasteiger partial charge is 0.355 e. The van der Waals surface area contributed by atoms with Crippen molar-refractivity contribution in [2.24, 2.45) is 0 Å². The average molecular weight is 229 g/mol. The third-order valence-electron chi connectivity index (χ3n) is 2.02. The van der Waals surface area contributed by atoms with Gasteiger partial charge in [-0.15, -0.1) is 11.3 Å². The first-order valence-electron chi connectivity index (χ1n) is 4.73. The second-order valence-corrected chi connectivity index (χ2v) is 4.88. The van der Waals surface area contributed by atoms with Crippen LogP contribution in [0.3, 0.4) is 0 Å². The summed E-state index contributed by atoms with van der Waals surface area (Å²) in [6, 6.07) is 0. The lowest BCUT2D eigenvalue weighted by Crippen LogP contribution is -2.21. The van der Waals surface area contributed by atoms with E-state index in [0.717, 1.165) is 0 Å². The molecule has 0 aliphatic heterocycles. The zero-order chi connectivity index (χ0) is 11.6. The Morgan fingerprint density at radius 1 is 1.60 bits per heavy atom. The van der Waals surface area contributed by atoms with Crippen LogP contribution in [0.4, 0.5) is 0 Å². The number of carbonyl (C=O) groups is 1. The summed E-state index contributed by atoms with van der Waals surface area (Å²) in [5.41, 5.74) is -0.388. The van der Waals surface area contributed by atoms with Crippen molar-refractivity contribution in [3.8, 4) is 0 Å². The maximum Gasteiger partial charge on any atom is 0.355 e. The van der Waals surface area contributed by atoms with Gasteiger partial charge in [-0.3, -0.25) is 0 Å². The Morgan fingerprint density at radius 2 is 2.20 bits per heavy atom. The highest BCUT2D eigenvalue weighted by Gasteiger charge is 2.27. The van der Waals surface area contributed by atoms with Gasteiger partial charge in [-0.1, -0.05) is 0 Å². The number of aromatic carboxylic acids is 1. The van der Waals surface area contributed by atoms with Crippen LogP contribution in [0.2, 0.25) is 0 Å². The van der Waals surface area contributed by atoms with E-state index in [2.05, 4.69) is 4.98 Å². The molecule has 15 heavy (non-hydrogen) atoms. The second-order valence-electron chi connectivity index (χ2n) is 3.67. The van der Waals surface area contributed by atoms with Crippen LogP contribution in [0, 0.1) is 6.92 Å². The lowest BCUT2D eigenvalue weighted by atomic mass is 10.1. The van der Waals surface area contributed by atoms with E-state index in [1.165, 1.54) is 11.3 Å². The van der Waals surface area contributed by atoms with Gasteiger partial charge in [0.1, 0.15) is 10.6 Å². The zero-order valence-corrected chi connectivity index (χ0v) is 10.1. The van der Waals surface area contributed by atoms with Crippen molar-refractivity contribution in [3.63, 3.8) is 0 Å². The molecule has 0 aliphatic rings. The quantitative estimate of drug-likeness (QED) is 0.861. The minimum Gasteiger partial charge on any atom is -0.476 e. The highest BCUT2D eigenvalue weighted by atomic mass is 32.1. The van der Waals surface area contributed by atoms with Crippen molar-refractivity contribution >= 4 is 17.3 Å². The molecule has 0 bridgehead atoms. The summed E-state index contributed by atoms with van der Waals surface area (Å²) in [4.78, 5) is 15.6. The Kier molecular flexibility index (Phi) is 3.46. The van der Waals surface area contributed by atoms with E-state index in [9.17, 15) is 4.79 Å². The number of rotatable bonds is 4. The summed E-state index contributed by atoms with van der Waals surface area (Å²) in [6.45, 7) is 8.02. The molecule has 0 saturated heterocycles. The number of carboxylic acid groups (broad SMARTS) is 1. The molecule has 0 aliphatic carbocycles. The van der Waals surface area contributed by atoms with Crippen LogP contribution in [-0.2, 0) is 10.3 Å². The minimum atomic E-state index is -0.984. The fraction of sp³-hybridized carbons (Fsp3) is 0.600. The second kappa shape index (κ2) is 4.28. The molecule has 1 aromatic rings. The Hall–Kier alpha value is -0.940. The Labute approximate surface area is 92.9 Å². The minimum absolute atomic E-state index is 0.128. The van der Waals surface area contributed by atoms with E-state index in [-0.39, 0.29) is 5.69 Å². The number of hydrogen-bond acceptors (Lipinski definition) is 4. The summed E-state index contributed by atoms with van der Waals surface area (Å²) in [5, 5.41) is 9.59. The maximum atomic E-state index is 10.8. The van der Waals surface area contributed by atoms with Crippen molar-refractivity contribution in [1.82, 2.24) is 4.98 Å². The summed E-state index contributed by atoms with van der Waals surface area (Å²) in [6.07, 6.45) is 0. The number of aryl methyl sites for hydroxylation is 1. The molecule has 0 fully saturated rings. The van der Waals surface area contributed by atoms with Crippen molar-refractivity contribution in [2.45, 2.75) is 33.3 Å². The van der Waals surface area contributed by atoms with Gasteiger partial charge in [0.05, 0.1) is 0 Å². The zero-order valence-electron chi connectivity index (χ0n) is 9.33. The van der Waals surface area contributed by atoms with Crippen molar-refractivity contribution in [2.75, 3.05) is 6.61 Å². The molecule has 0 atom stereocenters. The van der Waals surface area contributed by atoms with Crippen LogP contribution in [0.5, 0.6) is 0 Å². The Morgan fingerprint density at radius 3 is 2.60 bits per heavy atom.